The van der Waals surface area contributed by atoms with Gasteiger partial charge in [-0.3, -0.25) is 4.79 Å². The summed E-state index contributed by atoms with van der Waals surface area (Å²) in [6.07, 6.45) is 0.662. The number of hydrogen-bond acceptors (Lipinski definition) is 1. The molecule has 0 saturated carbocycles. The highest BCUT2D eigenvalue weighted by Gasteiger charge is 2.06. The van der Waals surface area contributed by atoms with Gasteiger partial charge in [0.2, 0.25) is 0 Å². The monoisotopic (exact) mass is 371 g/mol. The third kappa shape index (κ3) is 4.23. The van der Waals surface area contributed by atoms with Gasteiger partial charge < -0.3 is 5.32 Å². The maximum atomic E-state index is 11.9. The average molecular weight is 373 g/mol. The topological polar surface area (TPSA) is 29.1 Å². The SMILES string of the molecule is O=C(NCCc1ccc(Cl)cc1Cl)c1cccc(Br)c1. The van der Waals surface area contributed by atoms with Crippen LogP contribution < -0.4 is 5.32 Å². The van der Waals surface area contributed by atoms with Gasteiger partial charge in [-0.2, -0.15) is 0 Å². The van der Waals surface area contributed by atoms with Gasteiger partial charge in [0.1, 0.15) is 0 Å². The van der Waals surface area contributed by atoms with E-state index in [2.05, 4.69) is 21.2 Å². The molecule has 0 atom stereocenters. The molecule has 1 N–H and O–H groups in total. The number of carbonyl (C=O) groups is 1. The van der Waals surface area contributed by atoms with E-state index in [0.717, 1.165) is 10.0 Å². The Morgan fingerprint density at radius 2 is 1.95 bits per heavy atom. The zero-order valence-electron chi connectivity index (χ0n) is 10.5. The second-order valence-corrected chi connectivity index (χ2v) is 6.01. The van der Waals surface area contributed by atoms with E-state index in [1.165, 1.54) is 0 Å². The molecule has 0 unspecified atom stereocenters. The van der Waals surface area contributed by atoms with Gasteiger partial charge in [-0.25, -0.2) is 0 Å². The maximum absolute atomic E-state index is 11.9. The molecule has 0 saturated heterocycles. The molecule has 0 bridgehead atoms. The van der Waals surface area contributed by atoms with Crippen LogP contribution in [-0.4, -0.2) is 12.5 Å². The van der Waals surface area contributed by atoms with E-state index in [4.69, 9.17) is 23.2 Å². The Balaban J connectivity index is 1.91. The molecule has 2 aromatic carbocycles. The van der Waals surface area contributed by atoms with E-state index in [0.29, 0.717) is 28.6 Å². The highest BCUT2D eigenvalue weighted by atomic mass is 79.9. The molecule has 0 spiro atoms. The Kier molecular flexibility index (Phi) is 5.46. The molecular weight excluding hydrogens is 361 g/mol. The van der Waals surface area contributed by atoms with Gasteiger partial charge in [0.25, 0.3) is 5.91 Å². The van der Waals surface area contributed by atoms with Crippen molar-refractivity contribution >= 4 is 45.0 Å². The van der Waals surface area contributed by atoms with Gasteiger partial charge in [0.05, 0.1) is 0 Å². The van der Waals surface area contributed by atoms with Crippen molar-refractivity contribution in [1.29, 1.82) is 0 Å². The van der Waals surface area contributed by atoms with Crippen LogP contribution in [0.3, 0.4) is 0 Å². The molecule has 2 rings (SSSR count). The first kappa shape index (κ1) is 15.4. The zero-order chi connectivity index (χ0) is 14.5. The van der Waals surface area contributed by atoms with Crippen LogP contribution in [0, 0.1) is 0 Å². The molecule has 0 aliphatic rings. The number of hydrogen-bond donors (Lipinski definition) is 1. The first-order valence-electron chi connectivity index (χ1n) is 6.04. The molecule has 0 radical (unpaired) electrons. The summed E-state index contributed by atoms with van der Waals surface area (Å²) < 4.78 is 0.880. The molecule has 0 aliphatic heterocycles. The van der Waals surface area contributed by atoms with Gasteiger partial charge in [-0.1, -0.05) is 51.3 Å². The number of halogens is 3. The van der Waals surface area contributed by atoms with Crippen LogP contribution in [0.25, 0.3) is 0 Å². The van der Waals surface area contributed by atoms with Crippen LogP contribution in [0.1, 0.15) is 15.9 Å². The van der Waals surface area contributed by atoms with E-state index in [1.54, 1.807) is 24.3 Å². The second kappa shape index (κ2) is 7.11. The minimum absolute atomic E-state index is 0.101. The van der Waals surface area contributed by atoms with Gasteiger partial charge >= 0.3 is 0 Å². The predicted molar refractivity (Wildman–Crippen MR) is 86.6 cm³/mol. The van der Waals surface area contributed by atoms with Gasteiger partial charge in [-0.15, -0.1) is 0 Å². The summed E-state index contributed by atoms with van der Waals surface area (Å²) in [5.41, 5.74) is 1.59. The molecule has 2 aromatic rings. The quantitative estimate of drug-likeness (QED) is 0.825. The second-order valence-electron chi connectivity index (χ2n) is 4.25. The lowest BCUT2D eigenvalue weighted by Crippen LogP contribution is -2.25. The number of rotatable bonds is 4. The summed E-state index contributed by atoms with van der Waals surface area (Å²) in [5, 5.41) is 4.09. The van der Waals surface area contributed by atoms with Crippen molar-refractivity contribution in [3.05, 3.63) is 68.1 Å². The van der Waals surface area contributed by atoms with E-state index >= 15 is 0 Å². The molecule has 0 heterocycles. The lowest BCUT2D eigenvalue weighted by molar-refractivity contribution is 0.0954. The molecule has 5 heteroatoms. The summed E-state index contributed by atoms with van der Waals surface area (Å²) in [6, 6.07) is 12.6. The van der Waals surface area contributed by atoms with E-state index in [-0.39, 0.29) is 5.91 Å². The van der Waals surface area contributed by atoms with Crippen molar-refractivity contribution in [3.8, 4) is 0 Å². The van der Waals surface area contributed by atoms with E-state index in [9.17, 15) is 4.79 Å². The summed E-state index contributed by atoms with van der Waals surface area (Å²) in [4.78, 5) is 11.9. The van der Waals surface area contributed by atoms with Crippen LogP contribution in [0.2, 0.25) is 10.0 Å². The molecule has 0 aliphatic carbocycles. The van der Waals surface area contributed by atoms with Crippen molar-refractivity contribution in [2.75, 3.05) is 6.54 Å². The Hall–Kier alpha value is -1.03. The summed E-state index contributed by atoms with van der Waals surface area (Å²) in [6.45, 7) is 0.521. The minimum Gasteiger partial charge on any atom is -0.352 e. The van der Waals surface area contributed by atoms with Crippen molar-refractivity contribution in [2.45, 2.75) is 6.42 Å². The Morgan fingerprint density at radius 1 is 1.15 bits per heavy atom. The smallest absolute Gasteiger partial charge is 0.251 e. The lowest BCUT2D eigenvalue weighted by Gasteiger charge is -2.07. The summed E-state index contributed by atoms with van der Waals surface area (Å²) in [5.74, 6) is -0.101. The number of amides is 1. The first-order valence-corrected chi connectivity index (χ1v) is 7.59. The summed E-state index contributed by atoms with van der Waals surface area (Å²) >= 11 is 15.3. The standard InChI is InChI=1S/C15H12BrCl2NO/c16-12-3-1-2-11(8-12)15(20)19-7-6-10-4-5-13(17)9-14(10)18/h1-5,8-9H,6-7H2,(H,19,20). The van der Waals surface area contributed by atoms with Crippen LogP contribution in [-0.2, 0) is 6.42 Å². The van der Waals surface area contributed by atoms with Crippen LogP contribution >= 0.6 is 39.1 Å². The predicted octanol–water partition coefficient (Wildman–Crippen LogP) is 4.73. The fourth-order valence-corrected chi connectivity index (χ4v) is 2.67. The maximum Gasteiger partial charge on any atom is 0.251 e. The number of carbonyl (C=O) groups excluding carboxylic acids is 1. The fraction of sp³-hybridized carbons (Fsp3) is 0.133. The first-order chi connectivity index (χ1) is 9.56. The molecular formula is C15H12BrCl2NO. The zero-order valence-corrected chi connectivity index (χ0v) is 13.6. The molecule has 2 nitrogen and oxygen atoms in total. The van der Waals surface area contributed by atoms with Gasteiger partial charge in [0.15, 0.2) is 0 Å². The largest absolute Gasteiger partial charge is 0.352 e. The van der Waals surface area contributed by atoms with Gasteiger partial charge in [0, 0.05) is 26.6 Å². The van der Waals surface area contributed by atoms with E-state index in [1.807, 2.05) is 18.2 Å². The van der Waals surface area contributed by atoms with Crippen molar-refractivity contribution in [1.82, 2.24) is 5.32 Å². The molecule has 0 aromatic heterocycles. The lowest BCUT2D eigenvalue weighted by atomic mass is 10.1. The average Bonchev–Trinajstić information content (AvgIpc) is 2.41. The Labute approximate surface area is 136 Å². The number of benzene rings is 2. The normalized spacial score (nSPS) is 10.3. The van der Waals surface area contributed by atoms with Gasteiger partial charge in [-0.05, 0) is 42.3 Å². The van der Waals surface area contributed by atoms with Crippen LogP contribution in [0.15, 0.2) is 46.9 Å². The third-order valence-electron chi connectivity index (χ3n) is 2.78. The third-order valence-corrected chi connectivity index (χ3v) is 3.86. The summed E-state index contributed by atoms with van der Waals surface area (Å²) in [7, 11) is 0. The van der Waals surface area contributed by atoms with Crippen LogP contribution in [0.4, 0.5) is 0 Å². The van der Waals surface area contributed by atoms with Crippen molar-refractivity contribution < 1.29 is 4.79 Å². The van der Waals surface area contributed by atoms with Crippen molar-refractivity contribution in [3.63, 3.8) is 0 Å². The highest BCUT2D eigenvalue weighted by molar-refractivity contribution is 9.10. The fourth-order valence-electron chi connectivity index (χ4n) is 1.77. The Morgan fingerprint density at radius 3 is 2.65 bits per heavy atom. The van der Waals surface area contributed by atoms with E-state index < -0.39 is 0 Å². The minimum atomic E-state index is -0.101. The van der Waals surface area contributed by atoms with Crippen LogP contribution in [0.5, 0.6) is 0 Å². The highest BCUT2D eigenvalue weighted by Crippen LogP contribution is 2.21. The molecule has 0 fully saturated rings. The molecule has 104 valence electrons. The molecule has 20 heavy (non-hydrogen) atoms. The molecule has 1 amide bonds. The van der Waals surface area contributed by atoms with Crippen molar-refractivity contribution in [2.24, 2.45) is 0 Å². The number of nitrogens with one attached hydrogen (secondary N) is 1. The Bertz CT molecular complexity index is 631.